The van der Waals surface area contributed by atoms with Gasteiger partial charge in [-0.15, -0.1) is 0 Å². The number of nitrogens with one attached hydrogen (secondary N) is 1. The average molecular weight is 290 g/mol. The third-order valence-electron chi connectivity index (χ3n) is 2.44. The molecule has 0 fully saturated rings. The van der Waals surface area contributed by atoms with Crippen LogP contribution in [0.25, 0.3) is 0 Å². The molecule has 0 bridgehead atoms. The Morgan fingerprint density at radius 2 is 2.24 bits per heavy atom. The normalized spacial score (nSPS) is 10.6. The lowest BCUT2D eigenvalue weighted by molar-refractivity contribution is -0.135. The lowest BCUT2D eigenvalue weighted by Crippen LogP contribution is -2.06. The maximum atomic E-state index is 11.2. The van der Waals surface area contributed by atoms with Gasteiger partial charge < -0.3 is 19.5 Å². The number of ether oxygens (including phenoxy) is 3. The van der Waals surface area contributed by atoms with Crippen LogP contribution in [0.2, 0.25) is 0 Å². The minimum absolute atomic E-state index is 0.111. The second kappa shape index (κ2) is 9.39. The first kappa shape index (κ1) is 16.5. The van der Waals surface area contributed by atoms with Gasteiger partial charge >= 0.3 is 5.97 Å². The Morgan fingerprint density at radius 3 is 2.90 bits per heavy atom. The summed E-state index contributed by atoms with van der Waals surface area (Å²) in [5.41, 5.74) is 0.584. The molecule has 0 saturated carbocycles. The molecule has 0 spiro atoms. The monoisotopic (exact) mass is 290 g/mol. The minimum Gasteiger partial charge on any atom is -0.491 e. The van der Waals surface area contributed by atoms with E-state index in [1.807, 2.05) is 13.0 Å². The van der Waals surface area contributed by atoms with Crippen LogP contribution in [0.15, 0.2) is 36.0 Å². The summed E-state index contributed by atoms with van der Waals surface area (Å²) in [5.74, 6) is -0.0150. The van der Waals surface area contributed by atoms with E-state index in [1.165, 1.54) is 13.3 Å². The molecule has 0 radical (unpaired) electrons. The zero-order valence-electron chi connectivity index (χ0n) is 12.1. The van der Waals surface area contributed by atoms with Crippen molar-refractivity contribution in [3.8, 4) is 11.8 Å². The van der Waals surface area contributed by atoms with Crippen LogP contribution in [0.1, 0.15) is 6.92 Å². The molecule has 1 aromatic carbocycles. The molecule has 0 aromatic heterocycles. The molecule has 0 unspecified atom stereocenters. The van der Waals surface area contributed by atoms with Gasteiger partial charge in [0.05, 0.1) is 13.7 Å². The smallest absolute Gasteiger partial charge is 0.350 e. The highest BCUT2D eigenvalue weighted by atomic mass is 16.5. The van der Waals surface area contributed by atoms with Crippen LogP contribution in [0, 0.1) is 11.3 Å². The van der Waals surface area contributed by atoms with Crippen molar-refractivity contribution in [2.24, 2.45) is 0 Å². The number of nitriles is 1. The molecular weight excluding hydrogens is 272 g/mol. The lowest BCUT2D eigenvalue weighted by atomic mass is 10.3. The van der Waals surface area contributed by atoms with E-state index in [1.54, 1.807) is 24.3 Å². The van der Waals surface area contributed by atoms with E-state index in [4.69, 9.17) is 14.7 Å². The molecule has 0 saturated heterocycles. The first-order valence-corrected chi connectivity index (χ1v) is 6.47. The molecule has 112 valence electrons. The molecule has 0 aliphatic carbocycles. The summed E-state index contributed by atoms with van der Waals surface area (Å²) in [7, 11) is 1.22. The van der Waals surface area contributed by atoms with Crippen molar-refractivity contribution in [2.45, 2.75) is 6.92 Å². The highest BCUT2D eigenvalue weighted by Gasteiger charge is 2.07. The molecule has 1 aromatic rings. The van der Waals surface area contributed by atoms with Crippen LogP contribution < -0.4 is 10.1 Å². The third kappa shape index (κ3) is 5.97. The van der Waals surface area contributed by atoms with Crippen molar-refractivity contribution in [3.05, 3.63) is 36.0 Å². The summed E-state index contributed by atoms with van der Waals surface area (Å²) in [6.45, 7) is 3.55. The maximum Gasteiger partial charge on any atom is 0.350 e. The van der Waals surface area contributed by atoms with Gasteiger partial charge in [-0.2, -0.15) is 5.26 Å². The van der Waals surface area contributed by atoms with Crippen molar-refractivity contribution in [1.29, 1.82) is 5.26 Å². The van der Waals surface area contributed by atoms with E-state index in [-0.39, 0.29) is 5.57 Å². The lowest BCUT2D eigenvalue weighted by Gasteiger charge is -2.08. The van der Waals surface area contributed by atoms with Crippen LogP contribution in [0.5, 0.6) is 5.75 Å². The number of rotatable bonds is 8. The average Bonchev–Trinajstić information content (AvgIpc) is 2.52. The number of hydrogen-bond acceptors (Lipinski definition) is 6. The summed E-state index contributed by atoms with van der Waals surface area (Å²) in [4.78, 5) is 11.2. The molecule has 21 heavy (non-hydrogen) atoms. The summed E-state index contributed by atoms with van der Waals surface area (Å²) >= 11 is 0. The van der Waals surface area contributed by atoms with Crippen LogP contribution in [-0.4, -0.2) is 32.9 Å². The maximum absolute atomic E-state index is 11.2. The van der Waals surface area contributed by atoms with Crippen molar-refractivity contribution in [3.63, 3.8) is 0 Å². The summed E-state index contributed by atoms with van der Waals surface area (Å²) in [6.07, 6.45) is 1.30. The molecule has 0 heterocycles. The molecule has 0 amide bonds. The fraction of sp³-hybridized carbons (Fsp3) is 0.333. The van der Waals surface area contributed by atoms with E-state index in [9.17, 15) is 4.79 Å². The Morgan fingerprint density at radius 1 is 1.43 bits per heavy atom. The fourth-order valence-corrected chi connectivity index (χ4v) is 1.44. The Bertz CT molecular complexity index is 535. The first-order valence-electron chi connectivity index (χ1n) is 6.47. The van der Waals surface area contributed by atoms with Crippen molar-refractivity contribution in [1.82, 2.24) is 0 Å². The van der Waals surface area contributed by atoms with Gasteiger partial charge in [-0.05, 0) is 19.1 Å². The van der Waals surface area contributed by atoms with E-state index >= 15 is 0 Å². The molecular formula is C15H18N2O4. The topological polar surface area (TPSA) is 80.6 Å². The van der Waals surface area contributed by atoms with Crippen LogP contribution in [0.4, 0.5) is 5.69 Å². The van der Waals surface area contributed by atoms with Crippen molar-refractivity contribution < 1.29 is 19.0 Å². The molecule has 0 aliphatic heterocycles. The van der Waals surface area contributed by atoms with Crippen LogP contribution in [-0.2, 0) is 14.3 Å². The van der Waals surface area contributed by atoms with E-state index in [0.29, 0.717) is 31.3 Å². The van der Waals surface area contributed by atoms with Crippen molar-refractivity contribution >= 4 is 11.7 Å². The van der Waals surface area contributed by atoms with Gasteiger partial charge in [0.15, 0.2) is 5.57 Å². The molecule has 6 nitrogen and oxygen atoms in total. The largest absolute Gasteiger partial charge is 0.491 e. The molecule has 0 atom stereocenters. The number of benzene rings is 1. The third-order valence-corrected chi connectivity index (χ3v) is 2.44. The van der Waals surface area contributed by atoms with Crippen LogP contribution >= 0.6 is 0 Å². The quantitative estimate of drug-likeness (QED) is 0.342. The molecule has 1 rings (SSSR count). The van der Waals surface area contributed by atoms with E-state index < -0.39 is 5.97 Å². The Hall–Kier alpha value is -2.52. The number of carbonyl (C=O) groups excluding carboxylic acids is 1. The second-order valence-electron chi connectivity index (χ2n) is 3.88. The highest BCUT2D eigenvalue weighted by molar-refractivity contribution is 5.93. The number of nitrogens with zero attached hydrogens (tertiary/aromatic N) is 1. The second-order valence-corrected chi connectivity index (χ2v) is 3.88. The SMILES string of the molecule is CCOCCOc1cccc(N/C=C(/C#N)C(=O)OC)c1. The van der Waals surface area contributed by atoms with Gasteiger partial charge in [0, 0.05) is 24.6 Å². The number of hydrogen-bond donors (Lipinski definition) is 1. The summed E-state index contributed by atoms with van der Waals surface area (Å²) in [5, 5.41) is 11.7. The van der Waals surface area contributed by atoms with Crippen LogP contribution in [0.3, 0.4) is 0 Å². The van der Waals surface area contributed by atoms with E-state index in [2.05, 4.69) is 10.1 Å². The van der Waals surface area contributed by atoms with Gasteiger partial charge in [-0.1, -0.05) is 6.07 Å². The number of esters is 1. The Balaban J connectivity index is 2.62. The summed E-state index contributed by atoms with van der Waals surface area (Å²) in [6, 6.07) is 8.92. The number of methoxy groups -OCH3 is 1. The highest BCUT2D eigenvalue weighted by Crippen LogP contribution is 2.17. The van der Waals surface area contributed by atoms with Crippen molar-refractivity contribution in [2.75, 3.05) is 32.2 Å². The fourth-order valence-electron chi connectivity index (χ4n) is 1.44. The molecule has 6 heteroatoms. The molecule has 0 aliphatic rings. The predicted molar refractivity (Wildman–Crippen MR) is 77.8 cm³/mol. The first-order chi connectivity index (χ1) is 10.2. The van der Waals surface area contributed by atoms with Gasteiger partial charge in [0.25, 0.3) is 0 Å². The predicted octanol–water partition coefficient (Wildman–Crippen LogP) is 2.09. The Labute approximate surface area is 123 Å². The zero-order valence-corrected chi connectivity index (χ0v) is 12.1. The summed E-state index contributed by atoms with van der Waals surface area (Å²) < 4.78 is 15.2. The van der Waals surface area contributed by atoms with Gasteiger partial charge in [0.1, 0.15) is 18.4 Å². The van der Waals surface area contributed by atoms with Gasteiger partial charge in [-0.25, -0.2) is 4.79 Å². The van der Waals surface area contributed by atoms with Gasteiger partial charge in [-0.3, -0.25) is 0 Å². The molecule has 1 N–H and O–H groups in total. The zero-order chi connectivity index (χ0) is 15.5. The minimum atomic E-state index is -0.686. The number of carbonyl (C=O) groups is 1. The van der Waals surface area contributed by atoms with E-state index in [0.717, 1.165) is 0 Å². The number of anilines is 1. The standard InChI is InChI=1S/C15H18N2O4/c1-3-20-7-8-21-14-6-4-5-13(9-14)17-11-12(10-16)15(18)19-2/h4-6,9,11,17H,3,7-8H2,1-2H3/b12-11-. The van der Waals surface area contributed by atoms with Gasteiger partial charge in [0.2, 0.25) is 0 Å². The Kier molecular flexibility index (Phi) is 7.40.